The van der Waals surface area contributed by atoms with Crippen LogP contribution in [0, 0.1) is 0 Å². The van der Waals surface area contributed by atoms with Crippen molar-refractivity contribution in [3.63, 3.8) is 0 Å². The molecule has 0 bridgehead atoms. The highest BCUT2D eigenvalue weighted by Crippen LogP contribution is 2.22. The van der Waals surface area contributed by atoms with Crippen molar-refractivity contribution in [3.8, 4) is 0 Å². The lowest BCUT2D eigenvalue weighted by atomic mass is 10.1. The zero-order valence-electron chi connectivity index (χ0n) is 10.3. The standard InChI is InChI=1S/C13H17N3O/c1-13(2,3)16-12(17)15-11-8-14-10-7-5-4-6-9(10)11/h4-8,14H,1-3H3,(H2,15,16,17). The van der Waals surface area contributed by atoms with Gasteiger partial charge in [0.25, 0.3) is 0 Å². The van der Waals surface area contributed by atoms with Gasteiger partial charge >= 0.3 is 6.03 Å². The number of nitrogens with one attached hydrogen (secondary N) is 3. The Morgan fingerprint density at radius 1 is 1.24 bits per heavy atom. The van der Waals surface area contributed by atoms with E-state index in [-0.39, 0.29) is 11.6 Å². The van der Waals surface area contributed by atoms with Crippen LogP contribution in [0.15, 0.2) is 30.5 Å². The second-order valence-corrected chi connectivity index (χ2v) is 5.08. The zero-order valence-corrected chi connectivity index (χ0v) is 10.3. The van der Waals surface area contributed by atoms with Gasteiger partial charge in [-0.25, -0.2) is 4.79 Å². The number of hydrogen-bond acceptors (Lipinski definition) is 1. The van der Waals surface area contributed by atoms with E-state index in [9.17, 15) is 4.79 Å². The minimum Gasteiger partial charge on any atom is -0.359 e. The Balaban J connectivity index is 2.16. The first-order chi connectivity index (χ1) is 7.96. The smallest absolute Gasteiger partial charge is 0.319 e. The molecule has 0 aliphatic heterocycles. The fourth-order valence-corrected chi connectivity index (χ4v) is 1.67. The summed E-state index contributed by atoms with van der Waals surface area (Å²) in [6.07, 6.45) is 1.80. The van der Waals surface area contributed by atoms with Gasteiger partial charge in [0.2, 0.25) is 0 Å². The second kappa shape index (κ2) is 4.13. The Kier molecular flexibility index (Phi) is 2.79. The van der Waals surface area contributed by atoms with E-state index in [1.807, 2.05) is 45.0 Å². The summed E-state index contributed by atoms with van der Waals surface area (Å²) in [6, 6.07) is 7.66. The normalized spacial score (nSPS) is 11.5. The molecular formula is C13H17N3O. The first-order valence-corrected chi connectivity index (χ1v) is 5.61. The zero-order chi connectivity index (χ0) is 12.5. The van der Waals surface area contributed by atoms with E-state index < -0.39 is 0 Å². The molecule has 0 radical (unpaired) electrons. The monoisotopic (exact) mass is 231 g/mol. The molecule has 1 heterocycles. The van der Waals surface area contributed by atoms with Crippen LogP contribution in [0.5, 0.6) is 0 Å². The van der Waals surface area contributed by atoms with E-state index in [1.165, 1.54) is 0 Å². The lowest BCUT2D eigenvalue weighted by Crippen LogP contribution is -2.43. The van der Waals surface area contributed by atoms with E-state index in [4.69, 9.17) is 0 Å². The molecule has 0 fully saturated rings. The molecular weight excluding hydrogens is 214 g/mol. The first-order valence-electron chi connectivity index (χ1n) is 5.61. The lowest BCUT2D eigenvalue weighted by molar-refractivity contribution is 0.244. The van der Waals surface area contributed by atoms with Crippen molar-refractivity contribution in [2.24, 2.45) is 0 Å². The summed E-state index contributed by atoms with van der Waals surface area (Å²) in [7, 11) is 0. The van der Waals surface area contributed by atoms with Gasteiger partial charge < -0.3 is 15.6 Å². The molecule has 3 N–H and O–H groups in total. The van der Waals surface area contributed by atoms with Gasteiger partial charge in [0.05, 0.1) is 5.69 Å². The number of urea groups is 1. The molecule has 0 saturated heterocycles. The van der Waals surface area contributed by atoms with Crippen molar-refractivity contribution >= 4 is 22.6 Å². The van der Waals surface area contributed by atoms with Crippen LogP contribution >= 0.6 is 0 Å². The van der Waals surface area contributed by atoms with Crippen molar-refractivity contribution in [2.75, 3.05) is 5.32 Å². The molecule has 0 spiro atoms. The molecule has 2 amide bonds. The Bertz CT molecular complexity index is 537. The summed E-state index contributed by atoms with van der Waals surface area (Å²) in [6.45, 7) is 5.84. The van der Waals surface area contributed by atoms with Gasteiger partial charge in [0.15, 0.2) is 0 Å². The van der Waals surface area contributed by atoms with Crippen LogP contribution in [-0.4, -0.2) is 16.6 Å². The van der Waals surface area contributed by atoms with Crippen molar-refractivity contribution in [1.82, 2.24) is 10.3 Å². The summed E-state index contributed by atoms with van der Waals surface area (Å²) in [5, 5.41) is 6.71. The largest absolute Gasteiger partial charge is 0.359 e. The van der Waals surface area contributed by atoms with Crippen LogP contribution in [0.1, 0.15) is 20.8 Å². The third-order valence-corrected chi connectivity index (χ3v) is 2.33. The fraction of sp³-hybridized carbons (Fsp3) is 0.308. The van der Waals surface area contributed by atoms with Crippen LogP contribution in [-0.2, 0) is 0 Å². The number of amides is 2. The van der Waals surface area contributed by atoms with Gasteiger partial charge in [-0.15, -0.1) is 0 Å². The van der Waals surface area contributed by atoms with Crippen molar-refractivity contribution in [3.05, 3.63) is 30.5 Å². The molecule has 2 rings (SSSR count). The predicted octanol–water partition coefficient (Wildman–Crippen LogP) is 3.09. The summed E-state index contributed by atoms with van der Waals surface area (Å²) in [4.78, 5) is 14.8. The molecule has 17 heavy (non-hydrogen) atoms. The van der Waals surface area contributed by atoms with Gasteiger partial charge in [0.1, 0.15) is 0 Å². The predicted molar refractivity (Wildman–Crippen MR) is 70.2 cm³/mol. The molecule has 90 valence electrons. The Morgan fingerprint density at radius 3 is 2.65 bits per heavy atom. The van der Waals surface area contributed by atoms with E-state index in [1.54, 1.807) is 6.20 Å². The molecule has 0 aliphatic rings. The van der Waals surface area contributed by atoms with Crippen molar-refractivity contribution in [2.45, 2.75) is 26.3 Å². The maximum absolute atomic E-state index is 11.7. The number of H-pyrrole nitrogens is 1. The molecule has 0 unspecified atom stereocenters. The topological polar surface area (TPSA) is 56.9 Å². The number of benzene rings is 1. The summed E-state index contributed by atoms with van der Waals surface area (Å²) in [5.41, 5.74) is 1.57. The maximum Gasteiger partial charge on any atom is 0.319 e. The first kappa shape index (κ1) is 11.5. The Morgan fingerprint density at radius 2 is 1.94 bits per heavy atom. The van der Waals surface area contributed by atoms with E-state index in [2.05, 4.69) is 15.6 Å². The van der Waals surface area contributed by atoms with Crippen LogP contribution in [0.4, 0.5) is 10.5 Å². The number of aromatic amines is 1. The molecule has 1 aromatic heterocycles. The SMILES string of the molecule is CC(C)(C)NC(=O)Nc1c[nH]c2ccccc12. The third kappa shape index (κ3) is 2.78. The lowest BCUT2D eigenvalue weighted by Gasteiger charge is -2.20. The van der Waals surface area contributed by atoms with E-state index in [0.29, 0.717) is 0 Å². The number of carbonyl (C=O) groups is 1. The highest BCUT2D eigenvalue weighted by molar-refractivity contribution is 6.01. The van der Waals surface area contributed by atoms with Gasteiger partial charge in [-0.05, 0) is 26.8 Å². The number of rotatable bonds is 1. The van der Waals surface area contributed by atoms with Crippen LogP contribution in [0.25, 0.3) is 10.9 Å². The van der Waals surface area contributed by atoms with Gasteiger partial charge in [0, 0.05) is 22.6 Å². The van der Waals surface area contributed by atoms with Gasteiger partial charge in [-0.2, -0.15) is 0 Å². The number of anilines is 1. The minimum atomic E-state index is -0.240. The fourth-order valence-electron chi connectivity index (χ4n) is 1.67. The highest BCUT2D eigenvalue weighted by atomic mass is 16.2. The average Bonchev–Trinajstić information content (AvgIpc) is 2.59. The molecule has 2 aromatic rings. The number of aromatic nitrogens is 1. The number of hydrogen-bond donors (Lipinski definition) is 3. The summed E-state index contributed by atoms with van der Waals surface area (Å²) >= 11 is 0. The Labute approximate surface area is 100 Å². The van der Waals surface area contributed by atoms with Gasteiger partial charge in [-0.1, -0.05) is 18.2 Å². The molecule has 4 nitrogen and oxygen atoms in total. The van der Waals surface area contributed by atoms with Crippen LogP contribution in [0.2, 0.25) is 0 Å². The number of para-hydroxylation sites is 1. The van der Waals surface area contributed by atoms with Crippen molar-refractivity contribution in [1.29, 1.82) is 0 Å². The minimum absolute atomic E-state index is 0.192. The molecule has 0 atom stereocenters. The second-order valence-electron chi connectivity index (χ2n) is 5.08. The quantitative estimate of drug-likeness (QED) is 0.694. The molecule has 0 saturated carbocycles. The average molecular weight is 231 g/mol. The van der Waals surface area contributed by atoms with E-state index >= 15 is 0 Å². The summed E-state index contributed by atoms with van der Waals surface area (Å²) in [5.74, 6) is 0. The highest BCUT2D eigenvalue weighted by Gasteiger charge is 2.14. The van der Waals surface area contributed by atoms with Crippen LogP contribution < -0.4 is 10.6 Å². The van der Waals surface area contributed by atoms with Crippen LogP contribution in [0.3, 0.4) is 0 Å². The number of carbonyl (C=O) groups excluding carboxylic acids is 1. The molecule has 1 aromatic carbocycles. The molecule has 4 heteroatoms. The summed E-state index contributed by atoms with van der Waals surface area (Å²) < 4.78 is 0. The van der Waals surface area contributed by atoms with Crippen molar-refractivity contribution < 1.29 is 4.79 Å². The Hall–Kier alpha value is -1.97. The molecule has 0 aliphatic carbocycles. The van der Waals surface area contributed by atoms with E-state index in [0.717, 1.165) is 16.6 Å². The third-order valence-electron chi connectivity index (χ3n) is 2.33. The number of fused-ring (bicyclic) bond motifs is 1. The maximum atomic E-state index is 11.7. The van der Waals surface area contributed by atoms with Gasteiger partial charge in [-0.3, -0.25) is 0 Å².